The number of thioether (sulfide) groups is 1. The number of halogens is 2. The molecule has 156 valence electrons. The van der Waals surface area contributed by atoms with Crippen molar-refractivity contribution in [3.63, 3.8) is 0 Å². The van der Waals surface area contributed by atoms with Gasteiger partial charge in [-0.1, -0.05) is 11.6 Å². The lowest BCUT2D eigenvalue weighted by atomic mass is 10.2. The number of ether oxygens (including phenoxy) is 2. The number of amides is 3. The molecule has 1 aliphatic rings. The smallest absolute Gasteiger partial charge is 0.294 e. The van der Waals surface area contributed by atoms with E-state index in [0.717, 1.165) is 22.7 Å². The zero-order chi connectivity index (χ0) is 21.8. The fraction of sp³-hybridized carbons (Fsp3) is 0.150. The van der Waals surface area contributed by atoms with Gasteiger partial charge in [-0.15, -0.1) is 0 Å². The number of hydrogen-bond acceptors (Lipinski definition) is 6. The van der Waals surface area contributed by atoms with Crippen molar-refractivity contribution in [2.45, 2.75) is 0 Å². The summed E-state index contributed by atoms with van der Waals surface area (Å²) in [6, 6.07) is 8.70. The van der Waals surface area contributed by atoms with Crippen LogP contribution >= 0.6 is 23.4 Å². The topological polar surface area (TPSA) is 84.9 Å². The summed E-state index contributed by atoms with van der Waals surface area (Å²) >= 11 is 6.40. The summed E-state index contributed by atoms with van der Waals surface area (Å²) in [4.78, 5) is 38.1. The molecular formula is C20H16ClFN2O5S. The second-order valence-corrected chi connectivity index (χ2v) is 7.49. The normalized spacial score (nSPS) is 14.9. The molecule has 1 fully saturated rings. The molecule has 1 heterocycles. The van der Waals surface area contributed by atoms with Gasteiger partial charge < -0.3 is 14.8 Å². The maximum absolute atomic E-state index is 13.2. The molecule has 1 aliphatic heterocycles. The molecule has 0 bridgehead atoms. The zero-order valence-electron chi connectivity index (χ0n) is 15.9. The Labute approximate surface area is 180 Å². The summed E-state index contributed by atoms with van der Waals surface area (Å²) in [6.07, 6.45) is 1.52. The van der Waals surface area contributed by atoms with Gasteiger partial charge >= 0.3 is 0 Å². The number of nitrogens with one attached hydrogen (secondary N) is 1. The van der Waals surface area contributed by atoms with E-state index in [1.165, 1.54) is 32.4 Å². The fourth-order valence-electron chi connectivity index (χ4n) is 2.62. The van der Waals surface area contributed by atoms with Gasteiger partial charge in [-0.2, -0.15) is 0 Å². The van der Waals surface area contributed by atoms with Crippen molar-refractivity contribution >= 4 is 52.2 Å². The monoisotopic (exact) mass is 450 g/mol. The summed E-state index contributed by atoms with van der Waals surface area (Å²) in [5.41, 5.74) is 0.847. The maximum Gasteiger partial charge on any atom is 0.294 e. The first kappa shape index (κ1) is 21.7. The van der Waals surface area contributed by atoms with Gasteiger partial charge in [-0.3, -0.25) is 19.3 Å². The number of carbonyl (C=O) groups is 3. The fourth-order valence-corrected chi connectivity index (χ4v) is 3.64. The molecule has 7 nitrogen and oxygen atoms in total. The van der Waals surface area contributed by atoms with Crippen LogP contribution in [0.15, 0.2) is 41.3 Å². The summed E-state index contributed by atoms with van der Waals surface area (Å²) in [5, 5.41) is 1.74. The van der Waals surface area contributed by atoms with Crippen molar-refractivity contribution < 1.29 is 28.2 Å². The minimum absolute atomic E-state index is 0.157. The first-order valence-corrected chi connectivity index (χ1v) is 9.73. The van der Waals surface area contributed by atoms with Crippen molar-refractivity contribution in [3.8, 4) is 11.5 Å². The molecule has 0 aliphatic carbocycles. The molecule has 0 atom stereocenters. The van der Waals surface area contributed by atoms with Gasteiger partial charge in [-0.05, 0) is 53.7 Å². The maximum atomic E-state index is 13.2. The van der Waals surface area contributed by atoms with Crippen molar-refractivity contribution in [2.24, 2.45) is 0 Å². The van der Waals surface area contributed by atoms with Crippen LogP contribution in [0.25, 0.3) is 6.08 Å². The van der Waals surface area contributed by atoms with Gasteiger partial charge in [0.25, 0.3) is 11.1 Å². The highest BCUT2D eigenvalue weighted by atomic mass is 35.5. The Morgan fingerprint density at radius 1 is 1.17 bits per heavy atom. The molecular weight excluding hydrogens is 435 g/mol. The van der Waals surface area contributed by atoms with E-state index in [1.54, 1.807) is 18.2 Å². The van der Waals surface area contributed by atoms with Gasteiger partial charge in [0.05, 0.1) is 24.1 Å². The molecule has 0 radical (unpaired) electrons. The third-order valence-electron chi connectivity index (χ3n) is 4.05. The zero-order valence-corrected chi connectivity index (χ0v) is 17.5. The number of imide groups is 1. The molecule has 1 saturated heterocycles. The van der Waals surface area contributed by atoms with Crippen LogP contribution in [0.1, 0.15) is 5.56 Å². The van der Waals surface area contributed by atoms with Gasteiger partial charge in [0.15, 0.2) is 0 Å². The van der Waals surface area contributed by atoms with Crippen LogP contribution in [0.3, 0.4) is 0 Å². The van der Waals surface area contributed by atoms with Crippen molar-refractivity contribution in [1.29, 1.82) is 0 Å². The van der Waals surface area contributed by atoms with Gasteiger partial charge in [0.1, 0.15) is 23.9 Å². The largest absolute Gasteiger partial charge is 0.497 e. The van der Waals surface area contributed by atoms with Crippen LogP contribution < -0.4 is 14.8 Å². The Balaban J connectivity index is 1.73. The van der Waals surface area contributed by atoms with Crippen LogP contribution in [-0.2, 0) is 9.59 Å². The van der Waals surface area contributed by atoms with E-state index in [9.17, 15) is 18.8 Å². The summed E-state index contributed by atoms with van der Waals surface area (Å²) in [7, 11) is 3.00. The van der Waals surface area contributed by atoms with E-state index in [2.05, 4.69) is 5.32 Å². The molecule has 0 saturated carbocycles. The average Bonchev–Trinajstić information content (AvgIpc) is 2.97. The van der Waals surface area contributed by atoms with Crippen molar-refractivity contribution in [1.82, 2.24) is 4.90 Å². The number of carbonyl (C=O) groups excluding carboxylic acids is 3. The first-order chi connectivity index (χ1) is 14.3. The van der Waals surface area contributed by atoms with Crippen LogP contribution in [-0.4, -0.2) is 42.7 Å². The third-order valence-corrected chi connectivity index (χ3v) is 5.25. The Hall–Kier alpha value is -3.04. The predicted molar refractivity (Wildman–Crippen MR) is 112 cm³/mol. The average molecular weight is 451 g/mol. The van der Waals surface area contributed by atoms with Crippen LogP contribution in [0, 0.1) is 5.82 Å². The van der Waals surface area contributed by atoms with Crippen LogP contribution in [0.2, 0.25) is 5.02 Å². The standard InChI is InChI=1S/C20H16ClFN2O5S/c1-28-13-5-11(6-14(9-13)29-2)7-17-19(26)24(20(27)30-17)10-18(25)23-12-3-4-16(22)15(21)8-12/h3-9H,10H2,1-2H3,(H,23,25)/b17-7+. The first-order valence-electron chi connectivity index (χ1n) is 8.54. The van der Waals surface area contributed by atoms with E-state index < -0.39 is 29.4 Å². The molecule has 2 aromatic carbocycles. The summed E-state index contributed by atoms with van der Waals surface area (Å²) in [6.45, 7) is -0.488. The van der Waals surface area contributed by atoms with Gasteiger partial charge in [0, 0.05) is 11.8 Å². The second-order valence-electron chi connectivity index (χ2n) is 6.09. The van der Waals surface area contributed by atoms with Gasteiger partial charge in [0.2, 0.25) is 5.91 Å². The summed E-state index contributed by atoms with van der Waals surface area (Å²) in [5.74, 6) is -0.794. The van der Waals surface area contributed by atoms with Crippen LogP contribution in [0.5, 0.6) is 11.5 Å². The highest BCUT2D eigenvalue weighted by molar-refractivity contribution is 8.18. The minimum Gasteiger partial charge on any atom is -0.497 e. The lowest BCUT2D eigenvalue weighted by molar-refractivity contribution is -0.127. The molecule has 1 N–H and O–H groups in total. The molecule has 10 heteroatoms. The summed E-state index contributed by atoms with van der Waals surface area (Å²) < 4.78 is 23.6. The molecule has 3 amide bonds. The lowest BCUT2D eigenvalue weighted by Gasteiger charge is -2.12. The van der Waals surface area contributed by atoms with E-state index in [0.29, 0.717) is 17.1 Å². The third kappa shape index (κ3) is 4.92. The minimum atomic E-state index is -0.625. The molecule has 2 aromatic rings. The number of nitrogens with zero attached hydrogens (tertiary/aromatic N) is 1. The Morgan fingerprint density at radius 3 is 2.43 bits per heavy atom. The van der Waals surface area contributed by atoms with E-state index >= 15 is 0 Å². The quantitative estimate of drug-likeness (QED) is 0.665. The lowest BCUT2D eigenvalue weighted by Crippen LogP contribution is -2.36. The number of hydrogen-bond donors (Lipinski definition) is 1. The van der Waals surface area contributed by atoms with Crippen molar-refractivity contribution in [2.75, 3.05) is 26.1 Å². The molecule has 0 spiro atoms. The highest BCUT2D eigenvalue weighted by Crippen LogP contribution is 2.33. The van der Waals surface area contributed by atoms with Gasteiger partial charge in [-0.25, -0.2) is 4.39 Å². The second kappa shape index (κ2) is 9.19. The van der Waals surface area contributed by atoms with Crippen LogP contribution in [0.4, 0.5) is 14.9 Å². The Bertz CT molecular complexity index is 1040. The van der Waals surface area contributed by atoms with Crippen molar-refractivity contribution in [3.05, 3.63) is 57.7 Å². The predicted octanol–water partition coefficient (Wildman–Crippen LogP) is 4.17. The molecule has 30 heavy (non-hydrogen) atoms. The molecule has 3 rings (SSSR count). The SMILES string of the molecule is COc1cc(/C=C2/SC(=O)N(CC(=O)Nc3ccc(F)c(Cl)c3)C2=O)cc(OC)c1. The van der Waals surface area contributed by atoms with E-state index in [-0.39, 0.29) is 15.6 Å². The Morgan fingerprint density at radius 2 is 1.83 bits per heavy atom. The number of rotatable bonds is 6. The number of benzene rings is 2. The molecule has 0 aromatic heterocycles. The van der Waals surface area contributed by atoms with E-state index in [4.69, 9.17) is 21.1 Å². The number of methoxy groups -OCH3 is 2. The highest BCUT2D eigenvalue weighted by Gasteiger charge is 2.36. The number of anilines is 1. The Kier molecular flexibility index (Phi) is 6.63. The van der Waals surface area contributed by atoms with E-state index in [1.807, 2.05) is 0 Å². The molecule has 0 unspecified atom stereocenters.